The topological polar surface area (TPSA) is 15.3 Å². The molecule has 1 unspecified atom stereocenters. The van der Waals surface area contributed by atoms with Crippen LogP contribution in [0, 0.1) is 0 Å². The Labute approximate surface area is 93.8 Å². The van der Waals surface area contributed by atoms with Crippen LogP contribution in [0.1, 0.15) is 32.1 Å². The SMILES string of the molecule is CNC1CCCCN(CCS)CCC1. The molecule has 1 heterocycles. The Hall–Kier alpha value is 0.270. The van der Waals surface area contributed by atoms with Gasteiger partial charge in [-0.1, -0.05) is 6.42 Å². The highest BCUT2D eigenvalue weighted by Gasteiger charge is 2.11. The number of hydrogen-bond donors (Lipinski definition) is 2. The van der Waals surface area contributed by atoms with Gasteiger partial charge in [-0.25, -0.2) is 0 Å². The lowest BCUT2D eigenvalue weighted by molar-refractivity contribution is 0.284. The van der Waals surface area contributed by atoms with E-state index in [1.54, 1.807) is 0 Å². The van der Waals surface area contributed by atoms with E-state index in [1.165, 1.54) is 45.2 Å². The van der Waals surface area contributed by atoms with E-state index in [4.69, 9.17) is 0 Å². The van der Waals surface area contributed by atoms with Crippen LogP contribution in [0.2, 0.25) is 0 Å². The third-order valence-electron chi connectivity index (χ3n) is 3.13. The van der Waals surface area contributed by atoms with Crippen LogP contribution in [0.25, 0.3) is 0 Å². The summed E-state index contributed by atoms with van der Waals surface area (Å²) in [7, 11) is 2.09. The molecule has 0 aromatic carbocycles. The van der Waals surface area contributed by atoms with Gasteiger partial charge in [-0.3, -0.25) is 0 Å². The summed E-state index contributed by atoms with van der Waals surface area (Å²) >= 11 is 4.30. The van der Waals surface area contributed by atoms with E-state index in [-0.39, 0.29) is 0 Å². The molecule has 0 radical (unpaired) electrons. The lowest BCUT2D eigenvalue weighted by Gasteiger charge is -2.20. The molecular weight excluding hydrogens is 192 g/mol. The van der Waals surface area contributed by atoms with Gasteiger partial charge in [0.25, 0.3) is 0 Å². The lowest BCUT2D eigenvalue weighted by atomic mass is 10.1. The molecule has 2 nitrogen and oxygen atoms in total. The van der Waals surface area contributed by atoms with E-state index >= 15 is 0 Å². The van der Waals surface area contributed by atoms with E-state index in [0.717, 1.165) is 18.3 Å². The summed E-state index contributed by atoms with van der Waals surface area (Å²) in [6.45, 7) is 3.70. The molecule has 1 aliphatic rings. The first-order valence-corrected chi connectivity index (χ1v) is 6.50. The maximum absolute atomic E-state index is 4.30. The fourth-order valence-electron chi connectivity index (χ4n) is 2.20. The lowest BCUT2D eigenvalue weighted by Crippen LogP contribution is -2.28. The molecule has 1 fully saturated rings. The molecule has 0 aliphatic carbocycles. The minimum absolute atomic E-state index is 0.756. The Morgan fingerprint density at radius 1 is 1.21 bits per heavy atom. The van der Waals surface area contributed by atoms with Gasteiger partial charge in [0, 0.05) is 18.3 Å². The fraction of sp³-hybridized carbons (Fsp3) is 1.00. The third-order valence-corrected chi connectivity index (χ3v) is 3.33. The molecule has 3 heteroatoms. The van der Waals surface area contributed by atoms with E-state index in [1.807, 2.05) is 0 Å². The first kappa shape index (κ1) is 12.3. The molecule has 1 atom stereocenters. The van der Waals surface area contributed by atoms with Crippen LogP contribution in [0.5, 0.6) is 0 Å². The zero-order chi connectivity index (χ0) is 10.2. The van der Waals surface area contributed by atoms with Gasteiger partial charge in [-0.2, -0.15) is 12.6 Å². The van der Waals surface area contributed by atoms with Crippen LogP contribution in [-0.4, -0.2) is 43.4 Å². The van der Waals surface area contributed by atoms with Crippen LogP contribution in [0.3, 0.4) is 0 Å². The van der Waals surface area contributed by atoms with Crippen molar-refractivity contribution in [2.24, 2.45) is 0 Å². The number of nitrogens with zero attached hydrogens (tertiary/aromatic N) is 1. The van der Waals surface area contributed by atoms with E-state index in [9.17, 15) is 0 Å². The molecule has 1 N–H and O–H groups in total. The summed E-state index contributed by atoms with van der Waals surface area (Å²) in [6, 6.07) is 0.756. The highest BCUT2D eigenvalue weighted by molar-refractivity contribution is 7.80. The van der Waals surface area contributed by atoms with Gasteiger partial charge in [-0.05, 0) is 45.8 Å². The summed E-state index contributed by atoms with van der Waals surface area (Å²) < 4.78 is 0. The Morgan fingerprint density at radius 3 is 2.64 bits per heavy atom. The van der Waals surface area contributed by atoms with Gasteiger partial charge in [0.05, 0.1) is 0 Å². The van der Waals surface area contributed by atoms with Crippen molar-refractivity contribution < 1.29 is 0 Å². The van der Waals surface area contributed by atoms with Gasteiger partial charge < -0.3 is 10.2 Å². The summed E-state index contributed by atoms with van der Waals surface area (Å²) in [4.78, 5) is 2.56. The molecule has 1 aliphatic heterocycles. The van der Waals surface area contributed by atoms with Crippen molar-refractivity contribution in [1.82, 2.24) is 10.2 Å². The average molecular weight is 216 g/mol. The monoisotopic (exact) mass is 216 g/mol. The normalized spacial score (nSPS) is 26.6. The molecule has 14 heavy (non-hydrogen) atoms. The van der Waals surface area contributed by atoms with Crippen LogP contribution < -0.4 is 5.32 Å². The summed E-state index contributed by atoms with van der Waals surface area (Å²) in [5, 5.41) is 3.41. The Kier molecular flexibility index (Phi) is 6.65. The Bertz CT molecular complexity index is 141. The van der Waals surface area contributed by atoms with Crippen molar-refractivity contribution in [2.45, 2.75) is 38.1 Å². The zero-order valence-corrected chi connectivity index (χ0v) is 10.2. The molecule has 1 rings (SSSR count). The fourth-order valence-corrected chi connectivity index (χ4v) is 2.48. The van der Waals surface area contributed by atoms with Gasteiger partial charge in [0.1, 0.15) is 0 Å². The van der Waals surface area contributed by atoms with E-state index in [2.05, 4.69) is 29.9 Å². The second-order valence-corrected chi connectivity index (χ2v) is 4.64. The van der Waals surface area contributed by atoms with Gasteiger partial charge in [0.2, 0.25) is 0 Å². The molecule has 0 amide bonds. The Morgan fingerprint density at radius 2 is 1.93 bits per heavy atom. The minimum Gasteiger partial charge on any atom is -0.317 e. The second kappa shape index (κ2) is 7.55. The van der Waals surface area contributed by atoms with Crippen LogP contribution in [0.15, 0.2) is 0 Å². The highest BCUT2D eigenvalue weighted by Crippen LogP contribution is 2.11. The molecule has 0 aromatic rings. The van der Waals surface area contributed by atoms with Gasteiger partial charge in [-0.15, -0.1) is 0 Å². The highest BCUT2D eigenvalue weighted by atomic mass is 32.1. The summed E-state index contributed by atoms with van der Waals surface area (Å²) in [6.07, 6.45) is 6.74. The maximum Gasteiger partial charge on any atom is 0.00698 e. The molecule has 0 aromatic heterocycles. The van der Waals surface area contributed by atoms with Crippen molar-refractivity contribution in [2.75, 3.05) is 32.4 Å². The third kappa shape index (κ3) is 4.67. The smallest absolute Gasteiger partial charge is 0.00698 e. The van der Waals surface area contributed by atoms with Gasteiger partial charge >= 0.3 is 0 Å². The summed E-state index contributed by atoms with van der Waals surface area (Å²) in [5.41, 5.74) is 0. The number of thiol groups is 1. The molecule has 84 valence electrons. The van der Waals surface area contributed by atoms with E-state index < -0.39 is 0 Å². The molecule has 0 spiro atoms. The second-order valence-electron chi connectivity index (χ2n) is 4.19. The summed E-state index contributed by atoms with van der Waals surface area (Å²) in [5.74, 6) is 0.995. The molecular formula is C11H24N2S. The van der Waals surface area contributed by atoms with Crippen LogP contribution in [-0.2, 0) is 0 Å². The van der Waals surface area contributed by atoms with Crippen LogP contribution >= 0.6 is 12.6 Å². The number of hydrogen-bond acceptors (Lipinski definition) is 3. The average Bonchev–Trinajstić information content (AvgIpc) is 2.30. The minimum atomic E-state index is 0.756. The van der Waals surface area contributed by atoms with Crippen molar-refractivity contribution in [3.63, 3.8) is 0 Å². The predicted octanol–water partition coefficient (Wildman–Crippen LogP) is 1.77. The zero-order valence-electron chi connectivity index (χ0n) is 9.34. The van der Waals surface area contributed by atoms with Crippen molar-refractivity contribution >= 4 is 12.6 Å². The molecule has 0 bridgehead atoms. The maximum atomic E-state index is 4.30. The number of nitrogens with one attached hydrogen (secondary N) is 1. The quantitative estimate of drug-likeness (QED) is 0.699. The Balaban J connectivity index is 2.28. The van der Waals surface area contributed by atoms with Gasteiger partial charge in [0.15, 0.2) is 0 Å². The van der Waals surface area contributed by atoms with E-state index in [0.29, 0.717) is 0 Å². The van der Waals surface area contributed by atoms with Crippen molar-refractivity contribution in [3.8, 4) is 0 Å². The van der Waals surface area contributed by atoms with Crippen molar-refractivity contribution in [1.29, 1.82) is 0 Å². The molecule has 0 saturated carbocycles. The molecule has 1 saturated heterocycles. The van der Waals surface area contributed by atoms with Crippen molar-refractivity contribution in [3.05, 3.63) is 0 Å². The first-order chi connectivity index (χ1) is 6.86. The largest absolute Gasteiger partial charge is 0.317 e. The predicted molar refractivity (Wildman–Crippen MR) is 66.2 cm³/mol. The standard InChI is InChI=1S/C11H24N2S/c1-12-11-5-2-3-7-13(9-10-14)8-4-6-11/h11-12,14H,2-10H2,1H3. The first-order valence-electron chi connectivity index (χ1n) is 5.87. The number of rotatable bonds is 3. The van der Waals surface area contributed by atoms with Crippen LogP contribution in [0.4, 0.5) is 0 Å².